The summed E-state index contributed by atoms with van der Waals surface area (Å²) in [6.07, 6.45) is 2.06. The second-order valence-electron chi connectivity index (χ2n) is 9.68. The Morgan fingerprint density at radius 2 is 1.31 bits per heavy atom. The number of nitrogens with zero attached hydrogens (tertiary/aromatic N) is 1. The molecule has 0 amide bonds. The summed E-state index contributed by atoms with van der Waals surface area (Å²) in [7, 11) is 2.04. The van der Waals surface area contributed by atoms with Crippen LogP contribution in [0.15, 0.2) is 95.5 Å². The van der Waals surface area contributed by atoms with E-state index in [0.717, 1.165) is 49.9 Å². The van der Waals surface area contributed by atoms with Gasteiger partial charge in [-0.25, -0.2) is 8.96 Å². The molecule has 0 unspecified atom stereocenters. The maximum Gasteiger partial charge on any atom is 0.216 e. The van der Waals surface area contributed by atoms with E-state index in [9.17, 15) is 0 Å². The van der Waals surface area contributed by atoms with Crippen molar-refractivity contribution in [3.63, 3.8) is 0 Å². The highest BCUT2D eigenvalue weighted by molar-refractivity contribution is 6.13. The molecule has 0 saturated carbocycles. The first-order chi connectivity index (χ1) is 17.4. The SMILES string of the molecule is Cc1cccc(-c2ccc(-c3c(F)ccc4c3oc3c(-c5cc(C)cc[n+]5C)c(C)ccc34)cc2)c1. The van der Waals surface area contributed by atoms with Crippen LogP contribution in [0.5, 0.6) is 0 Å². The minimum atomic E-state index is -0.288. The Kier molecular flexibility index (Phi) is 5.22. The molecule has 0 aliphatic carbocycles. The van der Waals surface area contributed by atoms with Gasteiger partial charge in [-0.05, 0) is 60.7 Å². The van der Waals surface area contributed by atoms with Crippen LogP contribution in [-0.2, 0) is 7.05 Å². The number of fused-ring (bicyclic) bond motifs is 3. The zero-order chi connectivity index (χ0) is 25.0. The lowest BCUT2D eigenvalue weighted by atomic mass is 9.97. The number of benzene rings is 4. The molecule has 0 spiro atoms. The molecule has 6 aromatic rings. The highest BCUT2D eigenvalue weighted by Crippen LogP contribution is 2.41. The van der Waals surface area contributed by atoms with Crippen LogP contribution in [0.3, 0.4) is 0 Å². The van der Waals surface area contributed by atoms with Crippen molar-refractivity contribution in [1.82, 2.24) is 0 Å². The molecular weight excluding hydrogens is 445 g/mol. The largest absolute Gasteiger partial charge is 0.454 e. The number of aryl methyl sites for hydroxylation is 4. The van der Waals surface area contributed by atoms with Crippen LogP contribution in [-0.4, -0.2) is 0 Å². The zero-order valence-corrected chi connectivity index (χ0v) is 20.9. The van der Waals surface area contributed by atoms with Crippen molar-refractivity contribution in [3.8, 4) is 33.5 Å². The van der Waals surface area contributed by atoms with Crippen LogP contribution in [0, 0.1) is 26.6 Å². The van der Waals surface area contributed by atoms with E-state index in [0.29, 0.717) is 11.1 Å². The average Bonchev–Trinajstić information content (AvgIpc) is 3.24. The zero-order valence-electron chi connectivity index (χ0n) is 20.9. The van der Waals surface area contributed by atoms with Gasteiger partial charge in [0.1, 0.15) is 24.0 Å². The number of pyridine rings is 1. The highest BCUT2D eigenvalue weighted by atomic mass is 19.1. The molecule has 0 aliphatic rings. The Bertz CT molecular complexity index is 1780. The summed E-state index contributed by atoms with van der Waals surface area (Å²) >= 11 is 0. The molecule has 2 aromatic heterocycles. The van der Waals surface area contributed by atoms with Crippen molar-refractivity contribution < 1.29 is 13.4 Å². The average molecular weight is 473 g/mol. The first-order valence-electron chi connectivity index (χ1n) is 12.2. The molecule has 0 saturated heterocycles. The Morgan fingerprint density at radius 3 is 2.06 bits per heavy atom. The standard InChI is InChI=1S/C33H27FNO/c1-20-6-5-7-25(18-20)23-9-11-24(12-10-23)31-28(34)15-14-27-26-13-8-22(3)30(32(26)36-33(27)31)29-19-21(2)16-17-35(29)4/h5-19H,1-4H3/q+1. The van der Waals surface area contributed by atoms with Crippen molar-refractivity contribution >= 4 is 21.9 Å². The van der Waals surface area contributed by atoms with Gasteiger partial charge in [0, 0.05) is 22.9 Å². The smallest absolute Gasteiger partial charge is 0.216 e. The van der Waals surface area contributed by atoms with E-state index in [2.05, 4.69) is 80.1 Å². The highest BCUT2D eigenvalue weighted by Gasteiger charge is 2.23. The van der Waals surface area contributed by atoms with E-state index in [1.807, 2.05) is 37.4 Å². The third kappa shape index (κ3) is 3.59. The van der Waals surface area contributed by atoms with Crippen molar-refractivity contribution in [3.05, 3.63) is 114 Å². The number of hydrogen-bond acceptors (Lipinski definition) is 1. The molecule has 36 heavy (non-hydrogen) atoms. The van der Waals surface area contributed by atoms with Gasteiger partial charge in [0.25, 0.3) is 0 Å². The van der Waals surface area contributed by atoms with Crippen molar-refractivity contribution in [2.24, 2.45) is 7.05 Å². The van der Waals surface area contributed by atoms with Gasteiger partial charge in [0.15, 0.2) is 6.20 Å². The van der Waals surface area contributed by atoms with Crippen molar-refractivity contribution in [2.75, 3.05) is 0 Å². The lowest BCUT2D eigenvalue weighted by molar-refractivity contribution is -0.660. The summed E-state index contributed by atoms with van der Waals surface area (Å²) in [4.78, 5) is 0. The van der Waals surface area contributed by atoms with Gasteiger partial charge in [-0.15, -0.1) is 0 Å². The number of aromatic nitrogens is 1. The fourth-order valence-electron chi connectivity index (χ4n) is 5.14. The molecule has 176 valence electrons. The molecule has 0 N–H and O–H groups in total. The summed E-state index contributed by atoms with van der Waals surface area (Å²) in [5.74, 6) is -0.288. The van der Waals surface area contributed by atoms with Gasteiger partial charge in [-0.3, -0.25) is 0 Å². The van der Waals surface area contributed by atoms with Gasteiger partial charge in [-0.1, -0.05) is 66.2 Å². The molecule has 0 atom stereocenters. The molecule has 0 radical (unpaired) electrons. The maximum absolute atomic E-state index is 15.4. The van der Waals surface area contributed by atoms with Gasteiger partial charge in [0.2, 0.25) is 5.69 Å². The van der Waals surface area contributed by atoms with E-state index >= 15 is 4.39 Å². The second-order valence-corrected chi connectivity index (χ2v) is 9.68. The number of halogens is 1. The lowest BCUT2D eigenvalue weighted by Crippen LogP contribution is -2.30. The third-order valence-electron chi connectivity index (χ3n) is 7.05. The molecular formula is C33H27FNO+. The van der Waals surface area contributed by atoms with Gasteiger partial charge < -0.3 is 4.42 Å². The molecule has 6 rings (SSSR count). The van der Waals surface area contributed by atoms with Crippen LogP contribution < -0.4 is 4.57 Å². The normalized spacial score (nSPS) is 11.5. The molecule has 0 fully saturated rings. The minimum Gasteiger partial charge on any atom is -0.454 e. The van der Waals surface area contributed by atoms with Gasteiger partial charge in [-0.2, -0.15) is 0 Å². The summed E-state index contributed by atoms with van der Waals surface area (Å²) in [5, 5.41) is 1.91. The molecule has 2 nitrogen and oxygen atoms in total. The van der Waals surface area contributed by atoms with Crippen LogP contribution in [0.1, 0.15) is 16.7 Å². The summed E-state index contributed by atoms with van der Waals surface area (Å²) < 4.78 is 24.0. The van der Waals surface area contributed by atoms with Crippen LogP contribution >= 0.6 is 0 Å². The lowest BCUT2D eigenvalue weighted by Gasteiger charge is -2.07. The molecule has 3 heteroatoms. The quantitative estimate of drug-likeness (QED) is 0.236. The molecule has 0 aliphatic heterocycles. The van der Waals surface area contributed by atoms with E-state index in [1.54, 1.807) is 6.07 Å². The fraction of sp³-hybridized carbons (Fsp3) is 0.121. The maximum atomic E-state index is 15.4. The third-order valence-corrected chi connectivity index (χ3v) is 7.05. The second kappa shape index (κ2) is 8.46. The molecule has 4 aromatic carbocycles. The molecule has 2 heterocycles. The topological polar surface area (TPSA) is 17.0 Å². The van der Waals surface area contributed by atoms with E-state index < -0.39 is 0 Å². The minimum absolute atomic E-state index is 0.288. The van der Waals surface area contributed by atoms with E-state index in [1.165, 1.54) is 11.1 Å². The van der Waals surface area contributed by atoms with E-state index in [-0.39, 0.29) is 5.82 Å². The van der Waals surface area contributed by atoms with Crippen LogP contribution in [0.4, 0.5) is 4.39 Å². The van der Waals surface area contributed by atoms with Crippen LogP contribution in [0.2, 0.25) is 0 Å². The number of rotatable bonds is 3. The van der Waals surface area contributed by atoms with Gasteiger partial charge in [0.05, 0.1) is 11.1 Å². The van der Waals surface area contributed by atoms with Crippen LogP contribution in [0.25, 0.3) is 55.4 Å². The predicted octanol–water partition coefficient (Wildman–Crippen LogP) is 8.48. The Balaban J connectivity index is 1.57. The Morgan fingerprint density at radius 1 is 0.639 bits per heavy atom. The number of furan rings is 1. The Labute approximate surface area is 210 Å². The number of hydrogen-bond donors (Lipinski definition) is 0. The van der Waals surface area contributed by atoms with Crippen molar-refractivity contribution in [2.45, 2.75) is 20.8 Å². The molecule has 0 bridgehead atoms. The summed E-state index contributed by atoms with van der Waals surface area (Å²) in [5.41, 5.74) is 10.5. The summed E-state index contributed by atoms with van der Waals surface area (Å²) in [6.45, 7) is 6.27. The monoisotopic (exact) mass is 472 g/mol. The van der Waals surface area contributed by atoms with Gasteiger partial charge >= 0.3 is 0 Å². The first-order valence-corrected chi connectivity index (χ1v) is 12.2. The van der Waals surface area contributed by atoms with E-state index in [4.69, 9.17) is 4.42 Å². The summed E-state index contributed by atoms with van der Waals surface area (Å²) in [6, 6.07) is 28.3. The first kappa shape index (κ1) is 22.2. The fourth-order valence-corrected chi connectivity index (χ4v) is 5.14. The predicted molar refractivity (Wildman–Crippen MR) is 145 cm³/mol. The Hall–Kier alpha value is -4.24. The van der Waals surface area contributed by atoms with Crippen molar-refractivity contribution in [1.29, 1.82) is 0 Å².